The van der Waals surface area contributed by atoms with E-state index in [0.717, 1.165) is 5.69 Å². The molecule has 9 aromatic carbocycles. The Balaban J connectivity index is 0.980. The zero-order chi connectivity index (χ0) is 36.3. The van der Waals surface area contributed by atoms with Gasteiger partial charge in [0.15, 0.2) is 8.07 Å². The molecule has 2 heterocycles. The topological polar surface area (TPSA) is 3.24 Å². The summed E-state index contributed by atoms with van der Waals surface area (Å²) in [5.41, 5.74) is 12.9. The van der Waals surface area contributed by atoms with Gasteiger partial charge in [0.2, 0.25) is 6.71 Å². The number of hydrogen-bond acceptors (Lipinski definition) is 1. The quantitative estimate of drug-likeness (QED) is 0.163. The third-order valence-corrected chi connectivity index (χ3v) is 16.9. The molecule has 0 atom stereocenters. The van der Waals surface area contributed by atoms with Gasteiger partial charge in [-0.05, 0) is 84.1 Å². The molecule has 0 unspecified atom stereocenters. The highest BCUT2D eigenvalue weighted by Crippen LogP contribution is 2.39. The third-order valence-electron chi connectivity index (χ3n) is 12.0. The summed E-state index contributed by atoms with van der Waals surface area (Å²) < 4.78 is 0. The Hall–Kier alpha value is -6.68. The van der Waals surface area contributed by atoms with Gasteiger partial charge < -0.3 is 4.90 Å². The molecule has 0 amide bonds. The predicted molar refractivity (Wildman–Crippen MR) is 238 cm³/mol. The van der Waals surface area contributed by atoms with E-state index in [0.29, 0.717) is 0 Å². The highest BCUT2D eigenvalue weighted by Gasteiger charge is 2.48. The van der Waals surface area contributed by atoms with E-state index in [9.17, 15) is 0 Å². The predicted octanol–water partition coefficient (Wildman–Crippen LogP) is 8.16. The number of rotatable bonds is 5. The lowest BCUT2D eigenvalue weighted by Gasteiger charge is -2.45. The van der Waals surface area contributed by atoms with Crippen LogP contribution in [0.4, 0.5) is 17.1 Å². The second-order valence-corrected chi connectivity index (χ2v) is 18.6. The summed E-state index contributed by atoms with van der Waals surface area (Å²) >= 11 is 0. The molecule has 0 bridgehead atoms. The molecule has 3 heteroatoms. The largest absolute Gasteiger partial charge is 0.311 e. The summed E-state index contributed by atoms with van der Waals surface area (Å²) in [6.07, 6.45) is 0. The number of nitrogens with zero attached hydrogens (tertiary/aromatic N) is 1. The normalized spacial score (nSPS) is 13.5. The molecule has 2 aliphatic heterocycles. The van der Waals surface area contributed by atoms with Crippen LogP contribution in [0, 0.1) is 0 Å². The lowest BCUT2D eigenvalue weighted by molar-refractivity contribution is 1.29. The fraction of sp³-hybridized carbons (Fsp3) is 0. The van der Waals surface area contributed by atoms with Gasteiger partial charge in [-0.25, -0.2) is 0 Å². The molecule has 1 nitrogen and oxygen atoms in total. The summed E-state index contributed by atoms with van der Waals surface area (Å²) in [5.74, 6) is 0. The van der Waals surface area contributed by atoms with Crippen molar-refractivity contribution in [3.63, 3.8) is 0 Å². The molecule has 0 fully saturated rings. The van der Waals surface area contributed by atoms with Crippen LogP contribution in [0.2, 0.25) is 0 Å². The summed E-state index contributed by atoms with van der Waals surface area (Å²) in [5, 5.41) is 8.21. The van der Waals surface area contributed by atoms with E-state index >= 15 is 0 Å². The van der Waals surface area contributed by atoms with Gasteiger partial charge in [0, 0.05) is 17.1 Å². The van der Waals surface area contributed by atoms with E-state index in [4.69, 9.17) is 0 Å². The van der Waals surface area contributed by atoms with Crippen LogP contribution in [0.1, 0.15) is 0 Å². The maximum Gasteiger partial charge on any atom is 0.242 e. The minimum Gasteiger partial charge on any atom is -0.311 e. The molecule has 0 saturated carbocycles. The van der Waals surface area contributed by atoms with Crippen molar-refractivity contribution in [3.05, 3.63) is 218 Å². The van der Waals surface area contributed by atoms with E-state index in [1.54, 1.807) is 0 Å². The third kappa shape index (κ3) is 4.87. The lowest BCUT2D eigenvalue weighted by atomic mass is 9.39. The highest BCUT2D eigenvalue weighted by atomic mass is 28.3. The maximum absolute atomic E-state index is 2.63. The molecule has 0 N–H and O–H groups in total. The Morgan fingerprint density at radius 2 is 0.855 bits per heavy atom. The van der Waals surface area contributed by atoms with E-state index in [-0.39, 0.29) is 6.71 Å². The molecule has 0 aliphatic carbocycles. The van der Waals surface area contributed by atoms with Crippen LogP contribution in [0.15, 0.2) is 218 Å². The van der Waals surface area contributed by atoms with Crippen LogP contribution in [-0.4, -0.2) is 14.8 Å². The first-order chi connectivity index (χ1) is 27.3. The molecule has 0 spiro atoms. The van der Waals surface area contributed by atoms with Gasteiger partial charge in [0.05, 0.1) is 0 Å². The fourth-order valence-corrected chi connectivity index (χ4v) is 14.7. The van der Waals surface area contributed by atoms with Crippen LogP contribution in [0.5, 0.6) is 0 Å². The van der Waals surface area contributed by atoms with Crippen molar-refractivity contribution in [3.8, 4) is 22.3 Å². The molecule has 0 radical (unpaired) electrons. The highest BCUT2D eigenvalue weighted by molar-refractivity contribution is 7.21. The molecule has 55 heavy (non-hydrogen) atoms. The smallest absolute Gasteiger partial charge is 0.242 e. The van der Waals surface area contributed by atoms with E-state index < -0.39 is 8.07 Å². The number of benzene rings is 9. The average molecular weight is 714 g/mol. The molecular formula is C52H36BNSi. The van der Waals surface area contributed by atoms with Crippen LogP contribution in [-0.2, 0) is 0 Å². The van der Waals surface area contributed by atoms with Gasteiger partial charge in [-0.2, -0.15) is 0 Å². The minimum absolute atomic E-state index is 0.217. The van der Waals surface area contributed by atoms with Gasteiger partial charge in [0.1, 0.15) is 0 Å². The lowest BCUT2D eigenvalue weighted by Crippen LogP contribution is -2.77. The molecule has 2 aliphatic rings. The van der Waals surface area contributed by atoms with E-state index in [1.807, 2.05) is 0 Å². The van der Waals surface area contributed by atoms with Crippen molar-refractivity contribution in [2.24, 2.45) is 0 Å². The Morgan fingerprint density at radius 3 is 1.47 bits per heavy atom. The number of anilines is 3. The number of hydrogen-bond donors (Lipinski definition) is 0. The van der Waals surface area contributed by atoms with Gasteiger partial charge in [-0.3, -0.25) is 0 Å². The SMILES string of the molecule is c1ccc([Si]2(c3ccccc3)c3ccccc3N(c3ccc(-c4ccc(B5c6ccccc6-c6cc7ccccc7cc65)cc4)cc3)c3ccccc32)cc1. The van der Waals surface area contributed by atoms with Gasteiger partial charge in [-0.15, -0.1) is 0 Å². The van der Waals surface area contributed by atoms with Crippen molar-refractivity contribution in [2.45, 2.75) is 0 Å². The molecule has 256 valence electrons. The standard InChI is InChI=1S/C52H36BNSi/c1-3-17-43(18-4-1)55(44-19-5-2-6-20-44)51-25-13-11-23-49(51)54(50-24-12-14-26-52(50)55)42-33-29-38(30-34-42)37-27-31-41(32-28-37)53-47-22-10-9-21-45(47)46-35-39-15-7-8-16-40(39)36-48(46)53/h1-36H. The molecule has 11 rings (SSSR count). The van der Waals surface area contributed by atoms with Crippen LogP contribution >= 0.6 is 0 Å². The minimum atomic E-state index is -2.63. The van der Waals surface area contributed by atoms with Crippen LogP contribution in [0.25, 0.3) is 33.0 Å². The van der Waals surface area contributed by atoms with Crippen molar-refractivity contribution in [2.75, 3.05) is 4.90 Å². The zero-order valence-electron chi connectivity index (χ0n) is 30.3. The monoisotopic (exact) mass is 713 g/mol. The summed E-state index contributed by atoms with van der Waals surface area (Å²) in [6, 6.07) is 81.5. The molecule has 0 aromatic heterocycles. The average Bonchev–Trinajstić information content (AvgIpc) is 3.58. The van der Waals surface area contributed by atoms with Crippen LogP contribution < -0.4 is 42.0 Å². The number of fused-ring (bicyclic) bond motifs is 6. The van der Waals surface area contributed by atoms with Crippen molar-refractivity contribution < 1.29 is 0 Å². The first kappa shape index (κ1) is 31.8. The van der Waals surface area contributed by atoms with E-state index in [1.165, 1.54) is 81.5 Å². The Kier molecular flexibility index (Phi) is 7.36. The Bertz CT molecular complexity index is 2780. The summed E-state index contributed by atoms with van der Waals surface area (Å²) in [6.45, 7) is 0.217. The van der Waals surface area contributed by atoms with Gasteiger partial charge in [-0.1, -0.05) is 204 Å². The first-order valence-corrected chi connectivity index (χ1v) is 21.2. The molecule has 9 aromatic rings. The van der Waals surface area contributed by atoms with E-state index in [2.05, 4.69) is 223 Å². The fourth-order valence-electron chi connectivity index (χ4n) is 9.61. The second-order valence-electron chi connectivity index (χ2n) is 14.8. The molecular weight excluding hydrogens is 677 g/mol. The molecule has 0 saturated heterocycles. The van der Waals surface area contributed by atoms with Crippen molar-refractivity contribution in [1.82, 2.24) is 0 Å². The summed E-state index contributed by atoms with van der Waals surface area (Å²) in [7, 11) is -2.63. The Morgan fingerprint density at radius 1 is 0.364 bits per heavy atom. The zero-order valence-corrected chi connectivity index (χ0v) is 31.3. The first-order valence-electron chi connectivity index (χ1n) is 19.2. The van der Waals surface area contributed by atoms with Gasteiger partial charge >= 0.3 is 0 Å². The van der Waals surface area contributed by atoms with Crippen LogP contribution in [0.3, 0.4) is 0 Å². The Labute approximate surface area is 323 Å². The second kappa shape index (κ2) is 12.7. The number of para-hydroxylation sites is 2. The van der Waals surface area contributed by atoms with Crippen molar-refractivity contribution in [1.29, 1.82) is 0 Å². The maximum atomic E-state index is 2.48. The van der Waals surface area contributed by atoms with Gasteiger partial charge in [0.25, 0.3) is 0 Å². The summed E-state index contributed by atoms with van der Waals surface area (Å²) in [4.78, 5) is 2.48. The van der Waals surface area contributed by atoms with Crippen molar-refractivity contribution >= 4 is 79.8 Å².